The number of nitrogens with one attached hydrogen (secondary N) is 2. The minimum atomic E-state index is -0.686. The van der Waals surface area contributed by atoms with Gasteiger partial charge in [0.15, 0.2) is 0 Å². The lowest BCUT2D eigenvalue weighted by Crippen LogP contribution is -2.53. The average molecular weight is 907 g/mol. The molecule has 0 spiro atoms. The normalized spacial score (nSPS) is 18.0. The van der Waals surface area contributed by atoms with Crippen molar-refractivity contribution in [1.82, 2.24) is 19.8 Å². The summed E-state index contributed by atoms with van der Waals surface area (Å²) in [6.07, 6.45) is 10.7. The smallest absolute Gasteiger partial charge is 0.329 e. The number of carbonyl (C=O) groups excluding carboxylic acids is 5. The Balaban J connectivity index is 0.727. The summed E-state index contributed by atoms with van der Waals surface area (Å²) in [4.78, 5) is 77.5. The molecule has 66 heavy (non-hydrogen) atoms. The zero-order valence-electron chi connectivity index (χ0n) is 38.5. The van der Waals surface area contributed by atoms with Gasteiger partial charge in [-0.2, -0.15) is 0 Å². The van der Waals surface area contributed by atoms with Gasteiger partial charge in [0, 0.05) is 59.2 Å². The van der Waals surface area contributed by atoms with Crippen LogP contribution in [0, 0.1) is 0 Å². The molecule has 3 aliphatic heterocycles. The van der Waals surface area contributed by atoms with E-state index >= 15 is 0 Å². The summed E-state index contributed by atoms with van der Waals surface area (Å²) in [7, 11) is 1.71. The number of hydrogen-bond acceptors (Lipinski definition) is 9. The van der Waals surface area contributed by atoms with Gasteiger partial charge in [-0.3, -0.25) is 43.3 Å². The van der Waals surface area contributed by atoms with Gasteiger partial charge in [-0.25, -0.2) is 4.79 Å². The molecule has 0 radical (unpaired) electrons. The number of primary amides is 1. The molecule has 1 fully saturated rings. The Kier molecular flexibility index (Phi) is 17.0. The van der Waals surface area contributed by atoms with Gasteiger partial charge >= 0.3 is 5.69 Å². The van der Waals surface area contributed by atoms with E-state index in [4.69, 9.17) is 19.9 Å². The molecule has 4 heterocycles. The highest BCUT2D eigenvalue weighted by atomic mass is 16.5. The van der Waals surface area contributed by atoms with E-state index in [2.05, 4.69) is 34.9 Å². The quantitative estimate of drug-likeness (QED) is 0.0575. The molecule has 5 amide bonds. The molecule has 0 bridgehead atoms. The van der Waals surface area contributed by atoms with Crippen molar-refractivity contribution >= 4 is 46.3 Å². The fourth-order valence-electron chi connectivity index (χ4n) is 9.50. The minimum Gasteiger partial charge on any atom is -0.381 e. The summed E-state index contributed by atoms with van der Waals surface area (Å²) in [5.41, 5.74) is 13.0. The number of nitrogens with two attached hydrogens (primary N) is 1. The maximum atomic E-state index is 13.8. The second kappa shape index (κ2) is 23.2. The predicted molar refractivity (Wildman–Crippen MR) is 251 cm³/mol. The number of nitrogens with zero attached hydrogens (tertiary/aromatic N) is 3. The molecule has 4 N–H and O–H groups in total. The molecule has 3 aliphatic rings. The number of carbonyl (C=O) groups is 5. The number of unbranched alkanes of at least 4 members (excludes halogenated alkanes) is 3. The first-order chi connectivity index (χ1) is 32.0. The zero-order valence-corrected chi connectivity index (χ0v) is 38.5. The summed E-state index contributed by atoms with van der Waals surface area (Å²) < 4.78 is 21.1. The molecular weight excluding hydrogens is 841 g/mol. The molecule has 15 nitrogen and oxygen atoms in total. The average Bonchev–Trinajstić information content (AvgIpc) is 3.75. The Bertz CT molecular complexity index is 2410. The van der Waals surface area contributed by atoms with Crippen LogP contribution in [0.1, 0.15) is 118 Å². The fraction of sp³-hybridized carbons (Fsp3) is 0.529. The third-order valence-electron chi connectivity index (χ3n) is 13.2. The van der Waals surface area contributed by atoms with Gasteiger partial charge in [0.25, 0.3) is 0 Å². The van der Waals surface area contributed by atoms with E-state index in [0.29, 0.717) is 51.0 Å². The summed E-state index contributed by atoms with van der Waals surface area (Å²) in [6, 6.07) is 18.5. The lowest BCUT2D eigenvalue weighted by atomic mass is 10.0. The molecule has 4 atom stereocenters. The van der Waals surface area contributed by atoms with Gasteiger partial charge in [0.1, 0.15) is 12.1 Å². The van der Waals surface area contributed by atoms with Crippen LogP contribution in [0.15, 0.2) is 65.5 Å². The Morgan fingerprint density at radius 1 is 0.803 bits per heavy atom. The number of hydrogen-bond donors (Lipinski definition) is 3. The number of piperidine rings is 1. The van der Waals surface area contributed by atoms with Gasteiger partial charge in [0.2, 0.25) is 29.5 Å². The highest BCUT2D eigenvalue weighted by Gasteiger charge is 2.41. The Hall–Kier alpha value is -5.64. The number of imide groups is 1. The van der Waals surface area contributed by atoms with Crippen LogP contribution in [0.4, 0.5) is 5.69 Å². The molecule has 3 aromatic carbocycles. The van der Waals surface area contributed by atoms with E-state index < -0.39 is 36.0 Å². The van der Waals surface area contributed by atoms with Gasteiger partial charge in [-0.05, 0) is 111 Å². The highest BCUT2D eigenvalue weighted by Crippen LogP contribution is 2.39. The SMILES string of the molecule is C[C@@H](OCc1ccc(CCCOCCCCCCOCCCc2ccc3c(c2)n(C)c(=O)n3C2CCC(=O)NC2=O)cc1)[C@H](CCC(N)=O)NC(=O)[C@@H]1Cc2cccc3c2N1C(=O)CCC3. The number of aromatic nitrogens is 2. The molecule has 1 unspecified atom stereocenters. The summed E-state index contributed by atoms with van der Waals surface area (Å²) in [5, 5.41) is 5.47. The van der Waals surface area contributed by atoms with Crippen molar-refractivity contribution in [2.45, 2.75) is 140 Å². The highest BCUT2D eigenvalue weighted by molar-refractivity contribution is 6.05. The Morgan fingerprint density at radius 3 is 2.18 bits per heavy atom. The molecule has 0 saturated carbocycles. The molecule has 354 valence electrons. The summed E-state index contributed by atoms with van der Waals surface area (Å²) in [6.45, 7) is 5.08. The maximum absolute atomic E-state index is 13.8. The number of imidazole rings is 1. The number of amides is 5. The largest absolute Gasteiger partial charge is 0.381 e. The van der Waals surface area contributed by atoms with E-state index in [0.717, 1.165) is 111 Å². The van der Waals surface area contributed by atoms with E-state index in [1.165, 1.54) is 10.1 Å². The molecule has 1 aromatic heterocycles. The number of aryl methyl sites for hydroxylation is 4. The number of anilines is 1. The molecule has 0 aliphatic carbocycles. The minimum absolute atomic E-state index is 0.0306. The maximum Gasteiger partial charge on any atom is 0.329 e. The van der Waals surface area contributed by atoms with Crippen molar-refractivity contribution in [3.8, 4) is 0 Å². The van der Waals surface area contributed by atoms with Crippen LogP contribution in [0.25, 0.3) is 11.0 Å². The van der Waals surface area contributed by atoms with Crippen molar-refractivity contribution in [1.29, 1.82) is 0 Å². The second-order valence-corrected chi connectivity index (χ2v) is 18.1. The number of ether oxygens (including phenoxy) is 3. The standard InChI is InChI=1S/C51H66N6O9/c1-34(40(22-25-45(52)58)53-50(62)44-32-39-15-7-13-38-14-8-16-47(60)57(44)48(38)39)66-33-37-19-17-35(18-20-37)11-9-29-64-27-5-3-4-6-28-65-30-10-12-36-21-23-41-43(31-36)55(2)51(63)56(41)42-24-26-46(59)54-49(42)61/h7,13,15,17-21,23,31,34,40,42,44H,3-6,8-12,14,16,22,24-30,32-33H2,1-2H3,(H2,52,58)(H,53,62)(H,54,59,61)/t34-,40+,42?,44+/m1/s1. The van der Waals surface area contributed by atoms with Gasteiger partial charge in [-0.1, -0.05) is 61.4 Å². The van der Waals surface area contributed by atoms with Crippen LogP contribution in [0.5, 0.6) is 0 Å². The van der Waals surface area contributed by atoms with Crippen LogP contribution in [-0.4, -0.2) is 83.3 Å². The lowest BCUT2D eigenvalue weighted by Gasteiger charge is -2.29. The first kappa shape index (κ1) is 48.3. The second-order valence-electron chi connectivity index (χ2n) is 18.1. The van der Waals surface area contributed by atoms with Crippen molar-refractivity contribution < 1.29 is 38.2 Å². The number of rotatable bonds is 25. The van der Waals surface area contributed by atoms with E-state index in [1.54, 1.807) is 16.5 Å². The Labute approximate surface area is 386 Å². The molecule has 4 aromatic rings. The van der Waals surface area contributed by atoms with Gasteiger partial charge < -0.3 is 25.3 Å². The Morgan fingerprint density at radius 2 is 1.47 bits per heavy atom. The first-order valence-electron chi connectivity index (χ1n) is 23.9. The zero-order chi connectivity index (χ0) is 46.6. The van der Waals surface area contributed by atoms with Crippen LogP contribution in [0.2, 0.25) is 0 Å². The van der Waals surface area contributed by atoms with E-state index in [-0.39, 0.29) is 36.3 Å². The molecule has 7 rings (SSSR count). The third kappa shape index (κ3) is 12.2. The van der Waals surface area contributed by atoms with Crippen LogP contribution >= 0.6 is 0 Å². The lowest BCUT2D eigenvalue weighted by molar-refractivity contribution is -0.135. The van der Waals surface area contributed by atoms with E-state index in [1.807, 2.05) is 43.3 Å². The van der Waals surface area contributed by atoms with Crippen molar-refractivity contribution in [2.24, 2.45) is 12.8 Å². The van der Waals surface area contributed by atoms with Crippen molar-refractivity contribution in [2.75, 3.05) is 31.3 Å². The van der Waals surface area contributed by atoms with E-state index in [9.17, 15) is 28.8 Å². The van der Waals surface area contributed by atoms with Crippen molar-refractivity contribution in [3.63, 3.8) is 0 Å². The monoisotopic (exact) mass is 906 g/mol. The number of benzene rings is 3. The molecule has 15 heteroatoms. The van der Waals surface area contributed by atoms with Crippen molar-refractivity contribution in [3.05, 3.63) is 99.0 Å². The number of fused-ring (bicyclic) bond motifs is 1. The fourth-order valence-corrected chi connectivity index (χ4v) is 9.50. The molecule has 1 saturated heterocycles. The third-order valence-corrected chi connectivity index (χ3v) is 13.2. The summed E-state index contributed by atoms with van der Waals surface area (Å²) >= 11 is 0. The van der Waals surface area contributed by atoms with Crippen LogP contribution in [-0.2, 0) is 77.5 Å². The van der Waals surface area contributed by atoms with Gasteiger partial charge in [-0.15, -0.1) is 0 Å². The van der Waals surface area contributed by atoms with Crippen LogP contribution < -0.4 is 27.0 Å². The number of para-hydroxylation sites is 1. The van der Waals surface area contributed by atoms with Gasteiger partial charge in [0.05, 0.1) is 35.5 Å². The van der Waals surface area contributed by atoms with Crippen LogP contribution in [0.3, 0.4) is 0 Å². The first-order valence-corrected chi connectivity index (χ1v) is 23.9. The predicted octanol–water partition coefficient (Wildman–Crippen LogP) is 5.43. The molecular formula is C51H66N6O9. The topological polar surface area (TPSA) is 193 Å². The summed E-state index contributed by atoms with van der Waals surface area (Å²) in [5.74, 6) is -1.46.